The Kier molecular flexibility index (Phi) is 4.21. The largest absolute Gasteiger partial charge is 0.545 e. The number of carboxylic acid groups (broad SMARTS) is 1. The van der Waals surface area contributed by atoms with Crippen LogP contribution in [0.15, 0.2) is 42.5 Å². The Morgan fingerprint density at radius 2 is 1.65 bits per heavy atom. The lowest BCUT2D eigenvalue weighted by molar-refractivity contribution is -0.386. The molecular formula is C14H7F3NO5-. The van der Waals surface area contributed by atoms with Crippen molar-refractivity contribution in [3.05, 3.63) is 63.7 Å². The van der Waals surface area contributed by atoms with Gasteiger partial charge in [0.2, 0.25) is 5.75 Å². The summed E-state index contributed by atoms with van der Waals surface area (Å²) < 4.78 is 43.7. The molecule has 0 aromatic heterocycles. The van der Waals surface area contributed by atoms with Crippen LogP contribution in [0.25, 0.3) is 0 Å². The zero-order valence-corrected chi connectivity index (χ0v) is 11.2. The van der Waals surface area contributed by atoms with E-state index in [1.165, 1.54) is 6.07 Å². The number of alkyl halides is 3. The monoisotopic (exact) mass is 326 g/mol. The van der Waals surface area contributed by atoms with Crippen molar-refractivity contribution in [3.8, 4) is 11.5 Å². The molecule has 0 aliphatic heterocycles. The Morgan fingerprint density at radius 1 is 1.04 bits per heavy atom. The number of rotatable bonds is 4. The normalized spacial score (nSPS) is 11.1. The van der Waals surface area contributed by atoms with Crippen LogP contribution in [0.4, 0.5) is 18.9 Å². The van der Waals surface area contributed by atoms with Crippen LogP contribution in [-0.4, -0.2) is 10.9 Å². The number of para-hydroxylation sites is 2. The van der Waals surface area contributed by atoms with Crippen molar-refractivity contribution in [2.75, 3.05) is 0 Å². The number of hydrogen-bond acceptors (Lipinski definition) is 5. The molecule has 6 nitrogen and oxygen atoms in total. The van der Waals surface area contributed by atoms with Gasteiger partial charge in [-0.25, -0.2) is 0 Å². The Morgan fingerprint density at radius 3 is 2.22 bits per heavy atom. The first-order valence-electron chi connectivity index (χ1n) is 6.04. The van der Waals surface area contributed by atoms with E-state index in [0.29, 0.717) is 0 Å². The van der Waals surface area contributed by atoms with Crippen molar-refractivity contribution in [2.24, 2.45) is 0 Å². The van der Waals surface area contributed by atoms with Crippen LogP contribution in [-0.2, 0) is 6.18 Å². The van der Waals surface area contributed by atoms with Crippen LogP contribution in [0.3, 0.4) is 0 Å². The van der Waals surface area contributed by atoms with Gasteiger partial charge in [0.25, 0.3) is 0 Å². The standard InChI is InChI=1S/C14H8F3NO5/c15-14(16,17)9-5-1-2-6-10(9)23-11-7-3-4-8(13(19)20)12(11)18(21)22/h1-7H,(H,19,20)/p-1. The van der Waals surface area contributed by atoms with Gasteiger partial charge in [-0.15, -0.1) is 0 Å². The molecule has 9 heteroatoms. The van der Waals surface area contributed by atoms with Gasteiger partial charge < -0.3 is 14.6 Å². The molecule has 0 aliphatic carbocycles. The molecule has 23 heavy (non-hydrogen) atoms. The lowest BCUT2D eigenvalue weighted by Gasteiger charge is -2.14. The fourth-order valence-corrected chi connectivity index (χ4v) is 1.87. The fraction of sp³-hybridized carbons (Fsp3) is 0.0714. The van der Waals surface area contributed by atoms with Crippen LogP contribution in [0.5, 0.6) is 11.5 Å². The molecule has 0 fully saturated rings. The Bertz CT molecular complexity index is 773. The molecule has 2 aromatic carbocycles. The van der Waals surface area contributed by atoms with E-state index in [-0.39, 0.29) is 0 Å². The Balaban J connectivity index is 2.56. The quantitative estimate of drug-likeness (QED) is 0.636. The minimum atomic E-state index is -4.74. The summed E-state index contributed by atoms with van der Waals surface area (Å²) in [4.78, 5) is 20.9. The maximum Gasteiger partial charge on any atom is 0.419 e. The first kappa shape index (κ1) is 16.3. The van der Waals surface area contributed by atoms with Gasteiger partial charge in [-0.3, -0.25) is 10.1 Å². The van der Waals surface area contributed by atoms with Gasteiger partial charge in [-0.05, 0) is 24.3 Å². The SMILES string of the molecule is O=C([O-])c1cccc(Oc2ccccc2C(F)(F)F)c1[N+](=O)[O-]. The summed E-state index contributed by atoms with van der Waals surface area (Å²) >= 11 is 0. The number of carboxylic acids is 1. The summed E-state index contributed by atoms with van der Waals surface area (Å²) in [6.07, 6.45) is -4.74. The molecule has 2 aromatic rings. The van der Waals surface area contributed by atoms with E-state index < -0.39 is 45.4 Å². The minimum Gasteiger partial charge on any atom is -0.545 e. The first-order chi connectivity index (χ1) is 10.7. The zero-order chi connectivity index (χ0) is 17.2. The lowest BCUT2D eigenvalue weighted by Crippen LogP contribution is -2.23. The smallest absolute Gasteiger partial charge is 0.419 e. The summed E-state index contributed by atoms with van der Waals surface area (Å²) in [5.74, 6) is -3.15. The number of carbonyl (C=O) groups excluding carboxylic acids is 1. The molecular weight excluding hydrogens is 319 g/mol. The van der Waals surface area contributed by atoms with Crippen molar-refractivity contribution < 1.29 is 32.7 Å². The van der Waals surface area contributed by atoms with Gasteiger partial charge in [-0.1, -0.05) is 18.2 Å². The van der Waals surface area contributed by atoms with Crippen LogP contribution < -0.4 is 9.84 Å². The van der Waals surface area contributed by atoms with E-state index in [1.54, 1.807) is 0 Å². The van der Waals surface area contributed by atoms with Crippen molar-refractivity contribution in [2.45, 2.75) is 6.18 Å². The van der Waals surface area contributed by atoms with Gasteiger partial charge in [0, 0.05) is 0 Å². The average Bonchev–Trinajstić information content (AvgIpc) is 2.46. The molecule has 0 bridgehead atoms. The van der Waals surface area contributed by atoms with E-state index in [9.17, 15) is 33.2 Å². The molecule has 0 N–H and O–H groups in total. The number of nitro groups is 1. The fourth-order valence-electron chi connectivity index (χ4n) is 1.87. The van der Waals surface area contributed by atoms with Gasteiger partial charge in [0.15, 0.2) is 0 Å². The second-order valence-corrected chi connectivity index (χ2v) is 4.29. The van der Waals surface area contributed by atoms with E-state index in [1.807, 2.05) is 0 Å². The highest BCUT2D eigenvalue weighted by molar-refractivity contribution is 5.92. The topological polar surface area (TPSA) is 92.5 Å². The third kappa shape index (κ3) is 3.39. The van der Waals surface area contributed by atoms with Gasteiger partial charge >= 0.3 is 11.9 Å². The van der Waals surface area contributed by atoms with Crippen molar-refractivity contribution >= 4 is 11.7 Å². The predicted octanol–water partition coefficient (Wildman–Crippen LogP) is 2.77. The molecule has 0 heterocycles. The lowest BCUT2D eigenvalue weighted by atomic mass is 10.1. The second-order valence-electron chi connectivity index (χ2n) is 4.29. The first-order valence-corrected chi connectivity index (χ1v) is 6.04. The van der Waals surface area contributed by atoms with Crippen LogP contribution in [0.2, 0.25) is 0 Å². The Labute approximate surface area is 126 Å². The minimum absolute atomic E-state index is 0.631. The average molecular weight is 326 g/mol. The predicted molar refractivity (Wildman–Crippen MR) is 68.9 cm³/mol. The van der Waals surface area contributed by atoms with Crippen LogP contribution >= 0.6 is 0 Å². The number of benzene rings is 2. The highest BCUT2D eigenvalue weighted by atomic mass is 19.4. The molecule has 2 rings (SSSR count). The maximum absolute atomic E-state index is 12.9. The third-order valence-electron chi connectivity index (χ3n) is 2.81. The summed E-state index contributed by atoms with van der Waals surface area (Å²) in [7, 11) is 0. The maximum atomic E-state index is 12.9. The second kappa shape index (κ2) is 5.95. The molecule has 0 amide bonds. The molecule has 0 radical (unpaired) electrons. The summed E-state index contributed by atoms with van der Waals surface area (Å²) in [5.41, 5.74) is -2.92. The molecule has 0 saturated heterocycles. The highest BCUT2D eigenvalue weighted by Gasteiger charge is 2.35. The number of nitro benzene ring substituents is 1. The molecule has 0 aliphatic rings. The van der Waals surface area contributed by atoms with Gasteiger partial charge in [0.05, 0.1) is 22.0 Å². The van der Waals surface area contributed by atoms with E-state index in [2.05, 4.69) is 0 Å². The zero-order valence-electron chi connectivity index (χ0n) is 11.2. The number of ether oxygens (including phenoxy) is 1. The van der Waals surface area contributed by atoms with Crippen molar-refractivity contribution in [1.82, 2.24) is 0 Å². The number of aromatic carboxylic acids is 1. The number of nitrogens with zero attached hydrogens (tertiary/aromatic N) is 1. The van der Waals surface area contributed by atoms with Crippen molar-refractivity contribution in [3.63, 3.8) is 0 Å². The number of halogens is 3. The van der Waals surface area contributed by atoms with E-state index in [4.69, 9.17) is 4.74 Å². The molecule has 0 unspecified atom stereocenters. The van der Waals surface area contributed by atoms with Gasteiger partial charge in [0.1, 0.15) is 5.75 Å². The summed E-state index contributed by atoms with van der Waals surface area (Å²) in [5, 5.41) is 21.9. The molecule has 0 saturated carbocycles. The Hall–Kier alpha value is -3.10. The summed E-state index contributed by atoms with van der Waals surface area (Å²) in [6.45, 7) is 0. The summed E-state index contributed by atoms with van der Waals surface area (Å²) in [6, 6.07) is 7.08. The van der Waals surface area contributed by atoms with E-state index in [0.717, 1.165) is 36.4 Å². The van der Waals surface area contributed by atoms with Crippen LogP contribution in [0, 0.1) is 10.1 Å². The van der Waals surface area contributed by atoms with Gasteiger partial charge in [-0.2, -0.15) is 13.2 Å². The van der Waals surface area contributed by atoms with Crippen LogP contribution in [0.1, 0.15) is 15.9 Å². The highest BCUT2D eigenvalue weighted by Crippen LogP contribution is 2.40. The third-order valence-corrected chi connectivity index (χ3v) is 2.81. The molecule has 0 spiro atoms. The van der Waals surface area contributed by atoms with E-state index >= 15 is 0 Å². The number of hydrogen-bond donors (Lipinski definition) is 0. The molecule has 120 valence electrons. The number of carbonyl (C=O) groups is 1. The molecule has 0 atom stereocenters. The van der Waals surface area contributed by atoms with Crippen molar-refractivity contribution in [1.29, 1.82) is 0 Å².